The zero-order chi connectivity index (χ0) is 51.5. The molecule has 70 heavy (non-hydrogen) atoms. The van der Waals surface area contributed by atoms with E-state index in [1.54, 1.807) is 0 Å². The molecular weight excluding hydrogens is 892 g/mol. The van der Waals surface area contributed by atoms with E-state index in [9.17, 15) is 19.0 Å². The monoisotopic (exact) mass is 1000 g/mol. The summed E-state index contributed by atoms with van der Waals surface area (Å²) in [7, 11) is 1.47. The van der Waals surface area contributed by atoms with Crippen LogP contribution in [0.5, 0.6) is 0 Å². The molecule has 0 fully saturated rings. The first-order valence-corrected chi connectivity index (χ1v) is 30.3. The number of carbonyl (C=O) groups excluding carboxylic acids is 2. The maximum atomic E-state index is 13.5. The summed E-state index contributed by atoms with van der Waals surface area (Å²) < 4.78 is 30.6. The molecular formula is C60H110N2O7P+. The second kappa shape index (κ2) is 50.0. The average Bonchev–Trinajstić information content (AvgIpc) is 3.32. The third-order valence-corrected chi connectivity index (χ3v) is 13.4. The fraction of sp³-hybridized carbons (Fsp3) is 0.767. The number of nitrogens with one attached hydrogen (secondary N) is 1. The smallest absolute Gasteiger partial charge is 0.456 e. The molecule has 0 aromatic rings. The van der Waals surface area contributed by atoms with Crippen molar-refractivity contribution in [2.24, 2.45) is 0 Å². The summed E-state index contributed by atoms with van der Waals surface area (Å²) in [4.78, 5) is 37.6. The van der Waals surface area contributed by atoms with Crippen molar-refractivity contribution in [1.82, 2.24) is 5.32 Å². The first-order chi connectivity index (χ1) is 33.9. The molecule has 10 heteroatoms. The molecule has 0 aromatic carbocycles. The molecule has 0 aliphatic heterocycles. The highest BCUT2D eigenvalue weighted by molar-refractivity contribution is 7.47. The molecule has 9 nitrogen and oxygen atoms in total. The number of carbonyl (C=O) groups is 2. The van der Waals surface area contributed by atoms with Gasteiger partial charge in [0.2, 0.25) is 5.91 Å². The van der Waals surface area contributed by atoms with Crippen LogP contribution in [0.4, 0.5) is 0 Å². The van der Waals surface area contributed by atoms with E-state index in [0.29, 0.717) is 17.4 Å². The van der Waals surface area contributed by atoms with Crippen molar-refractivity contribution in [3.8, 4) is 0 Å². The van der Waals surface area contributed by atoms with Gasteiger partial charge in [-0.2, -0.15) is 0 Å². The molecule has 0 aliphatic rings. The summed E-state index contributed by atoms with van der Waals surface area (Å²) in [5, 5.41) is 3.04. The van der Waals surface area contributed by atoms with E-state index in [2.05, 4.69) is 86.8 Å². The summed E-state index contributed by atoms with van der Waals surface area (Å²) in [6, 6.07) is -0.862. The molecule has 2 N–H and O–H groups in total. The maximum Gasteiger partial charge on any atom is 0.472 e. The lowest BCUT2D eigenvalue weighted by atomic mass is 10.0. The van der Waals surface area contributed by atoms with Crippen molar-refractivity contribution < 1.29 is 37.3 Å². The predicted molar refractivity (Wildman–Crippen MR) is 300 cm³/mol. The van der Waals surface area contributed by atoms with Crippen molar-refractivity contribution in [2.45, 2.75) is 258 Å². The maximum absolute atomic E-state index is 13.5. The molecule has 0 saturated carbocycles. The van der Waals surface area contributed by atoms with Crippen LogP contribution in [-0.4, -0.2) is 74.3 Å². The molecule has 3 atom stereocenters. The SMILES string of the molecule is CC/C=C/C/C=C/C/C=C/CCCCCCCCC(=O)NC(COP(=O)(O)OCC[N+](C)(C)C)C(/C=C/CCCCCCCCCCCCC)OC(=O)CCCCCCCC/C=C/C=C/CCCCC. The van der Waals surface area contributed by atoms with Gasteiger partial charge in [0.1, 0.15) is 19.3 Å². The fourth-order valence-electron chi connectivity index (χ4n) is 7.94. The molecule has 0 aromatic heterocycles. The molecule has 0 radical (unpaired) electrons. The molecule has 0 aliphatic carbocycles. The van der Waals surface area contributed by atoms with Crippen LogP contribution in [0, 0.1) is 0 Å². The number of amides is 1. The minimum absolute atomic E-state index is 0.0329. The van der Waals surface area contributed by atoms with Crippen molar-refractivity contribution in [3.63, 3.8) is 0 Å². The Hall–Kier alpha value is -2.55. The first kappa shape index (κ1) is 67.5. The van der Waals surface area contributed by atoms with Crippen LogP contribution in [0.15, 0.2) is 72.9 Å². The van der Waals surface area contributed by atoms with Crippen molar-refractivity contribution in [1.29, 1.82) is 0 Å². The number of phosphoric acid groups is 1. The lowest BCUT2D eigenvalue weighted by molar-refractivity contribution is -0.870. The van der Waals surface area contributed by atoms with Gasteiger partial charge in [-0.1, -0.05) is 216 Å². The number of likely N-dealkylation sites (N-methyl/N-ethyl adjacent to an activating group) is 1. The van der Waals surface area contributed by atoms with Crippen LogP contribution in [0.3, 0.4) is 0 Å². The van der Waals surface area contributed by atoms with E-state index in [0.717, 1.165) is 116 Å². The number of unbranched alkanes of at least 4 members (excludes halogenated alkanes) is 26. The van der Waals surface area contributed by atoms with Gasteiger partial charge in [-0.05, 0) is 89.5 Å². The van der Waals surface area contributed by atoms with Gasteiger partial charge in [0.15, 0.2) is 0 Å². The number of nitrogens with zero attached hydrogens (tertiary/aromatic N) is 1. The second-order valence-corrected chi connectivity index (χ2v) is 21.9. The van der Waals surface area contributed by atoms with Crippen molar-refractivity contribution in [3.05, 3.63) is 72.9 Å². The molecule has 3 unspecified atom stereocenters. The lowest BCUT2D eigenvalue weighted by Crippen LogP contribution is -2.47. The van der Waals surface area contributed by atoms with E-state index >= 15 is 0 Å². The van der Waals surface area contributed by atoms with Crippen LogP contribution in [-0.2, 0) is 27.9 Å². The molecule has 0 heterocycles. The lowest BCUT2D eigenvalue weighted by Gasteiger charge is -2.27. The van der Waals surface area contributed by atoms with Crippen molar-refractivity contribution >= 4 is 19.7 Å². The normalized spacial score (nSPS) is 14.3. The zero-order valence-corrected chi connectivity index (χ0v) is 47.1. The largest absolute Gasteiger partial charge is 0.472 e. The van der Waals surface area contributed by atoms with E-state index < -0.39 is 20.0 Å². The topological polar surface area (TPSA) is 111 Å². The number of allylic oxidation sites excluding steroid dienone is 11. The second-order valence-electron chi connectivity index (χ2n) is 20.5. The van der Waals surface area contributed by atoms with Gasteiger partial charge in [-0.25, -0.2) is 4.57 Å². The highest BCUT2D eigenvalue weighted by Crippen LogP contribution is 2.43. The number of hydrogen-bond donors (Lipinski definition) is 2. The Balaban J connectivity index is 5.42. The van der Waals surface area contributed by atoms with E-state index in [-0.39, 0.29) is 31.5 Å². The van der Waals surface area contributed by atoms with Crippen LogP contribution < -0.4 is 5.32 Å². The average molecular weight is 1000 g/mol. The molecule has 1 amide bonds. The third kappa shape index (κ3) is 50.4. The van der Waals surface area contributed by atoms with E-state index in [1.807, 2.05) is 33.3 Å². The van der Waals surface area contributed by atoms with Gasteiger partial charge >= 0.3 is 13.8 Å². The van der Waals surface area contributed by atoms with Crippen molar-refractivity contribution in [2.75, 3.05) is 40.9 Å². The van der Waals surface area contributed by atoms with Gasteiger partial charge in [-0.15, -0.1) is 0 Å². The number of quaternary nitrogens is 1. The van der Waals surface area contributed by atoms with Gasteiger partial charge < -0.3 is 19.4 Å². The zero-order valence-electron chi connectivity index (χ0n) is 46.2. The Morgan fingerprint density at radius 3 is 1.49 bits per heavy atom. The number of rotatable bonds is 51. The Morgan fingerprint density at radius 2 is 0.957 bits per heavy atom. The van der Waals surface area contributed by atoms with Gasteiger partial charge in [0.25, 0.3) is 0 Å². The van der Waals surface area contributed by atoms with E-state index in [1.165, 1.54) is 96.3 Å². The summed E-state index contributed by atoms with van der Waals surface area (Å²) in [6.07, 6.45) is 63.1. The number of ether oxygens (including phenoxy) is 1. The summed E-state index contributed by atoms with van der Waals surface area (Å²) in [5.74, 6) is -0.535. The van der Waals surface area contributed by atoms with E-state index in [4.69, 9.17) is 13.8 Å². The molecule has 406 valence electrons. The van der Waals surface area contributed by atoms with Crippen LogP contribution in [0.1, 0.15) is 245 Å². The molecule has 0 bridgehead atoms. The summed E-state index contributed by atoms with van der Waals surface area (Å²) in [5.41, 5.74) is 0. The molecule has 0 rings (SSSR count). The molecule has 0 saturated heterocycles. The van der Waals surface area contributed by atoms with Crippen LogP contribution >= 0.6 is 7.82 Å². The standard InChI is InChI=1S/C60H109N2O7P/c1-7-10-13-16-19-22-25-28-30-32-34-37-40-43-46-49-52-59(63)61-57(56-68-70(65,66)67-55-54-62(4,5)6)58(51-48-45-42-39-36-33-27-24-21-18-15-12-9-3)69-60(64)53-50-47-44-41-38-35-31-29-26-23-20-17-14-11-8-2/h10,13,19-20,22-23,26,28-30,48,51,57-58H,7-9,11-12,14-18,21,24-25,27,31-47,49-50,52-56H2,1-6H3,(H-,61,63,65,66)/p+1/b13-10+,22-19+,23-20+,29-26+,30-28+,51-48+. The van der Waals surface area contributed by atoms with Crippen LogP contribution in [0.25, 0.3) is 0 Å². The Morgan fingerprint density at radius 1 is 0.529 bits per heavy atom. The minimum atomic E-state index is -4.45. The third-order valence-electron chi connectivity index (χ3n) is 12.4. The number of hydrogen-bond acceptors (Lipinski definition) is 6. The van der Waals surface area contributed by atoms with Gasteiger partial charge in [0, 0.05) is 12.8 Å². The minimum Gasteiger partial charge on any atom is -0.456 e. The highest BCUT2D eigenvalue weighted by Gasteiger charge is 2.30. The number of esters is 1. The van der Waals surface area contributed by atoms with Crippen LogP contribution in [0.2, 0.25) is 0 Å². The Bertz CT molecular complexity index is 1430. The Kier molecular flexibility index (Phi) is 48.2. The van der Waals surface area contributed by atoms with Gasteiger partial charge in [-0.3, -0.25) is 18.6 Å². The predicted octanol–water partition coefficient (Wildman–Crippen LogP) is 17.3. The van der Waals surface area contributed by atoms with Gasteiger partial charge in [0.05, 0.1) is 33.8 Å². The summed E-state index contributed by atoms with van der Waals surface area (Å²) in [6.45, 7) is 6.85. The Labute approximate surface area is 432 Å². The quantitative estimate of drug-likeness (QED) is 0.0156. The fourth-order valence-corrected chi connectivity index (χ4v) is 8.68. The highest BCUT2D eigenvalue weighted by atomic mass is 31.2. The molecule has 0 spiro atoms. The number of phosphoric ester groups is 1. The summed E-state index contributed by atoms with van der Waals surface area (Å²) >= 11 is 0. The first-order valence-electron chi connectivity index (χ1n) is 28.8.